The highest BCUT2D eigenvalue weighted by Crippen LogP contribution is 2.11. The molecule has 98 valence electrons. The van der Waals surface area contributed by atoms with Gasteiger partial charge in [0, 0.05) is 6.92 Å². The third-order valence-electron chi connectivity index (χ3n) is 1.50. The van der Waals surface area contributed by atoms with E-state index in [0.717, 1.165) is 0 Å². The van der Waals surface area contributed by atoms with Gasteiger partial charge in [-0.05, 0) is 0 Å². The quantitative estimate of drug-likeness (QED) is 0.504. The van der Waals surface area contributed by atoms with Crippen molar-refractivity contribution in [2.45, 2.75) is 25.1 Å². The Labute approximate surface area is 92.6 Å². The first-order chi connectivity index (χ1) is 7.35. The minimum atomic E-state index is -2.92. The molecule has 0 fully saturated rings. The van der Waals surface area contributed by atoms with Gasteiger partial charge in [-0.25, -0.2) is 8.78 Å². The maximum absolute atomic E-state index is 12.3. The van der Waals surface area contributed by atoms with Gasteiger partial charge in [0.2, 0.25) is 0 Å². The lowest BCUT2D eigenvalue weighted by Gasteiger charge is -2.15. The van der Waals surface area contributed by atoms with E-state index in [1.54, 1.807) is 0 Å². The Morgan fingerprint density at radius 3 is 2.06 bits per heavy atom. The molecule has 0 saturated carbocycles. The van der Waals surface area contributed by atoms with Crippen LogP contribution in [0.25, 0.3) is 0 Å². The summed E-state index contributed by atoms with van der Waals surface area (Å²) in [6, 6.07) is 0. The third-order valence-corrected chi connectivity index (χ3v) is 1.50. The van der Waals surface area contributed by atoms with Gasteiger partial charge in [0.1, 0.15) is 18.8 Å². The minimum absolute atomic E-state index is 0.127. The lowest BCUT2D eigenvalue weighted by Crippen LogP contribution is -2.28. The Morgan fingerprint density at radius 2 is 1.56 bits per heavy atom. The van der Waals surface area contributed by atoms with Crippen molar-refractivity contribution in [3.63, 3.8) is 0 Å². The Kier molecular flexibility index (Phi) is 7.69. The molecule has 0 rings (SSSR count). The summed E-state index contributed by atoms with van der Waals surface area (Å²) in [7, 11) is 0. The standard InChI is InChI=1S/C9H18F2O5/c1-9(10,11)6-16-5-8(14)4-15-3-7(13)2-12/h7-8,12-14H,2-6H2,1H3. The van der Waals surface area contributed by atoms with Crippen LogP contribution in [0.4, 0.5) is 8.78 Å². The molecule has 0 spiro atoms. The van der Waals surface area contributed by atoms with E-state index >= 15 is 0 Å². The third kappa shape index (κ3) is 10.2. The van der Waals surface area contributed by atoms with E-state index in [9.17, 15) is 13.9 Å². The molecular weight excluding hydrogens is 226 g/mol. The van der Waals surface area contributed by atoms with Crippen molar-refractivity contribution >= 4 is 0 Å². The number of alkyl halides is 2. The molecule has 16 heavy (non-hydrogen) atoms. The van der Waals surface area contributed by atoms with Crippen molar-refractivity contribution < 1.29 is 33.6 Å². The van der Waals surface area contributed by atoms with Crippen LogP contribution >= 0.6 is 0 Å². The number of hydrogen-bond donors (Lipinski definition) is 3. The highest BCUT2D eigenvalue weighted by atomic mass is 19.3. The molecule has 0 amide bonds. The van der Waals surface area contributed by atoms with Crippen LogP contribution < -0.4 is 0 Å². The molecule has 0 aliphatic carbocycles. The fourth-order valence-electron chi connectivity index (χ4n) is 0.815. The zero-order valence-electron chi connectivity index (χ0n) is 9.10. The highest BCUT2D eigenvalue weighted by Gasteiger charge is 2.21. The first-order valence-electron chi connectivity index (χ1n) is 4.85. The lowest BCUT2D eigenvalue weighted by molar-refractivity contribution is -0.0934. The number of aliphatic hydroxyl groups excluding tert-OH is 3. The lowest BCUT2D eigenvalue weighted by atomic mass is 10.4. The summed E-state index contributed by atoms with van der Waals surface area (Å²) in [5.41, 5.74) is 0. The molecule has 0 aromatic rings. The normalized spacial score (nSPS) is 16.1. The SMILES string of the molecule is CC(F)(F)COCC(O)COCC(O)CO. The first kappa shape index (κ1) is 15.7. The highest BCUT2D eigenvalue weighted by molar-refractivity contribution is 4.58. The van der Waals surface area contributed by atoms with Crippen LogP contribution in [0.2, 0.25) is 0 Å². The second-order valence-electron chi connectivity index (χ2n) is 3.61. The number of aliphatic hydroxyl groups is 3. The molecule has 2 atom stereocenters. The average Bonchev–Trinajstić information content (AvgIpc) is 2.15. The van der Waals surface area contributed by atoms with Crippen LogP contribution in [0.3, 0.4) is 0 Å². The first-order valence-corrected chi connectivity index (χ1v) is 4.85. The van der Waals surface area contributed by atoms with Gasteiger partial charge in [0.25, 0.3) is 5.92 Å². The van der Waals surface area contributed by atoms with Crippen molar-refractivity contribution in [3.05, 3.63) is 0 Å². The molecule has 3 N–H and O–H groups in total. The zero-order chi connectivity index (χ0) is 12.6. The Morgan fingerprint density at radius 1 is 1.06 bits per heavy atom. The molecule has 5 nitrogen and oxygen atoms in total. The number of hydrogen-bond acceptors (Lipinski definition) is 5. The summed E-state index contributed by atoms with van der Waals surface area (Å²) < 4.78 is 33.9. The summed E-state index contributed by atoms with van der Waals surface area (Å²) in [6.45, 7) is -1.02. The van der Waals surface area contributed by atoms with Gasteiger partial charge >= 0.3 is 0 Å². The van der Waals surface area contributed by atoms with Gasteiger partial charge in [0.15, 0.2) is 0 Å². The molecule has 0 bridgehead atoms. The van der Waals surface area contributed by atoms with Gasteiger partial charge in [-0.3, -0.25) is 0 Å². The average molecular weight is 244 g/mol. The topological polar surface area (TPSA) is 79.2 Å². The van der Waals surface area contributed by atoms with E-state index < -0.39 is 31.3 Å². The number of rotatable bonds is 9. The van der Waals surface area contributed by atoms with Crippen molar-refractivity contribution in [2.75, 3.05) is 33.0 Å². The van der Waals surface area contributed by atoms with Crippen LogP contribution in [0.1, 0.15) is 6.92 Å². The monoisotopic (exact) mass is 244 g/mol. The molecule has 0 aromatic carbocycles. The van der Waals surface area contributed by atoms with E-state index in [1.807, 2.05) is 0 Å². The second kappa shape index (κ2) is 7.86. The van der Waals surface area contributed by atoms with Crippen LogP contribution in [-0.2, 0) is 9.47 Å². The molecular formula is C9H18F2O5. The van der Waals surface area contributed by atoms with Crippen LogP contribution in [0.5, 0.6) is 0 Å². The summed E-state index contributed by atoms with van der Waals surface area (Å²) in [5.74, 6) is -2.92. The van der Waals surface area contributed by atoms with E-state index in [1.165, 1.54) is 0 Å². The van der Waals surface area contributed by atoms with Gasteiger partial charge < -0.3 is 24.8 Å². The van der Waals surface area contributed by atoms with Crippen molar-refractivity contribution in [3.8, 4) is 0 Å². The summed E-state index contributed by atoms with van der Waals surface area (Å²) in [4.78, 5) is 0. The minimum Gasteiger partial charge on any atom is -0.394 e. The molecule has 0 saturated heterocycles. The van der Waals surface area contributed by atoms with Crippen LogP contribution in [0, 0.1) is 0 Å². The Bertz CT molecular complexity index is 174. The van der Waals surface area contributed by atoms with Gasteiger partial charge in [-0.15, -0.1) is 0 Å². The van der Waals surface area contributed by atoms with E-state index in [0.29, 0.717) is 6.92 Å². The van der Waals surface area contributed by atoms with Gasteiger partial charge in [-0.1, -0.05) is 0 Å². The zero-order valence-corrected chi connectivity index (χ0v) is 9.10. The van der Waals surface area contributed by atoms with Gasteiger partial charge in [0.05, 0.1) is 26.4 Å². The maximum Gasteiger partial charge on any atom is 0.268 e. The Hall–Kier alpha value is -0.340. The van der Waals surface area contributed by atoms with Crippen molar-refractivity contribution in [1.82, 2.24) is 0 Å². The molecule has 7 heteroatoms. The summed E-state index contributed by atoms with van der Waals surface area (Å²) in [5, 5.41) is 26.5. The molecule has 0 aromatic heterocycles. The second-order valence-corrected chi connectivity index (χ2v) is 3.61. The van der Waals surface area contributed by atoms with Crippen molar-refractivity contribution in [1.29, 1.82) is 0 Å². The van der Waals surface area contributed by atoms with Crippen LogP contribution in [-0.4, -0.2) is 66.5 Å². The van der Waals surface area contributed by atoms with E-state index in [-0.39, 0.29) is 19.8 Å². The fourth-order valence-corrected chi connectivity index (χ4v) is 0.815. The Balaban J connectivity index is 3.41. The maximum atomic E-state index is 12.3. The van der Waals surface area contributed by atoms with E-state index in [4.69, 9.17) is 14.9 Å². The number of ether oxygens (including phenoxy) is 2. The fraction of sp³-hybridized carbons (Fsp3) is 1.00. The summed E-state index contributed by atoms with van der Waals surface area (Å²) >= 11 is 0. The molecule has 2 unspecified atom stereocenters. The largest absolute Gasteiger partial charge is 0.394 e. The van der Waals surface area contributed by atoms with E-state index in [2.05, 4.69) is 4.74 Å². The summed E-state index contributed by atoms with van der Waals surface area (Å²) in [6.07, 6.45) is -2.04. The molecule has 0 radical (unpaired) electrons. The van der Waals surface area contributed by atoms with Gasteiger partial charge in [-0.2, -0.15) is 0 Å². The predicted octanol–water partition coefficient (Wildman–Crippen LogP) is -0.611. The molecule has 0 aliphatic rings. The smallest absolute Gasteiger partial charge is 0.268 e. The number of halogens is 2. The van der Waals surface area contributed by atoms with Crippen molar-refractivity contribution in [2.24, 2.45) is 0 Å². The molecule has 0 aliphatic heterocycles. The predicted molar refractivity (Wildman–Crippen MR) is 51.4 cm³/mol. The molecule has 0 heterocycles. The van der Waals surface area contributed by atoms with Crippen LogP contribution in [0.15, 0.2) is 0 Å².